The molecule has 0 fully saturated rings. The van der Waals surface area contributed by atoms with Crippen LogP contribution in [0.15, 0.2) is 6.33 Å². The molecule has 0 spiro atoms. The SMILES string of the molecule is Cc1ncn(C(C)(C)CCc2n[nH]nc2C(C)(C)C)n1. The Kier molecular flexibility index (Phi) is 3.67. The maximum absolute atomic E-state index is 4.42. The Morgan fingerprint density at radius 1 is 1.15 bits per heavy atom. The first kappa shape index (κ1) is 14.7. The van der Waals surface area contributed by atoms with Crippen molar-refractivity contribution in [1.29, 1.82) is 0 Å². The van der Waals surface area contributed by atoms with Crippen LogP contribution >= 0.6 is 0 Å². The molecule has 0 radical (unpaired) electrons. The van der Waals surface area contributed by atoms with Crippen LogP contribution in [0.3, 0.4) is 0 Å². The molecule has 0 saturated heterocycles. The van der Waals surface area contributed by atoms with Crippen LogP contribution in [0, 0.1) is 6.92 Å². The van der Waals surface area contributed by atoms with Crippen molar-refractivity contribution < 1.29 is 0 Å². The molecule has 2 aromatic rings. The topological polar surface area (TPSA) is 72.3 Å². The van der Waals surface area contributed by atoms with Crippen LogP contribution in [0.4, 0.5) is 0 Å². The molecular weight excluding hydrogens is 252 g/mol. The van der Waals surface area contributed by atoms with Crippen LogP contribution in [0.25, 0.3) is 0 Å². The minimum atomic E-state index is -0.0879. The lowest BCUT2D eigenvalue weighted by molar-refractivity contribution is 0.292. The summed E-state index contributed by atoms with van der Waals surface area (Å²) in [6.45, 7) is 12.7. The number of hydrogen-bond donors (Lipinski definition) is 1. The van der Waals surface area contributed by atoms with Gasteiger partial charge in [-0.3, -0.25) is 0 Å². The molecule has 20 heavy (non-hydrogen) atoms. The summed E-state index contributed by atoms with van der Waals surface area (Å²) in [7, 11) is 0. The average molecular weight is 276 g/mol. The predicted molar refractivity (Wildman–Crippen MR) is 77.5 cm³/mol. The second kappa shape index (κ2) is 5.00. The molecule has 1 N–H and O–H groups in total. The molecule has 6 heteroatoms. The minimum Gasteiger partial charge on any atom is -0.247 e. The fraction of sp³-hybridized carbons (Fsp3) is 0.714. The van der Waals surface area contributed by atoms with E-state index < -0.39 is 0 Å². The molecular formula is C14H24N6. The lowest BCUT2D eigenvalue weighted by Crippen LogP contribution is -2.28. The first-order valence-electron chi connectivity index (χ1n) is 6.99. The van der Waals surface area contributed by atoms with Crippen LogP contribution in [0.1, 0.15) is 58.3 Å². The normalized spacial score (nSPS) is 12.9. The van der Waals surface area contributed by atoms with Gasteiger partial charge < -0.3 is 0 Å². The summed E-state index contributed by atoms with van der Waals surface area (Å²) in [5.41, 5.74) is 2.01. The van der Waals surface area contributed by atoms with Gasteiger partial charge in [0, 0.05) is 5.41 Å². The summed E-state index contributed by atoms with van der Waals surface area (Å²) in [5, 5.41) is 15.8. The second-order valence-electron chi connectivity index (χ2n) is 6.92. The lowest BCUT2D eigenvalue weighted by atomic mass is 9.88. The molecule has 2 rings (SSSR count). The van der Waals surface area contributed by atoms with E-state index in [2.05, 4.69) is 60.1 Å². The fourth-order valence-electron chi connectivity index (χ4n) is 2.20. The van der Waals surface area contributed by atoms with Crippen molar-refractivity contribution in [3.8, 4) is 0 Å². The Hall–Kier alpha value is -1.72. The van der Waals surface area contributed by atoms with E-state index in [4.69, 9.17) is 0 Å². The van der Waals surface area contributed by atoms with Crippen LogP contribution in [0.5, 0.6) is 0 Å². The molecule has 6 nitrogen and oxygen atoms in total. The second-order valence-corrected chi connectivity index (χ2v) is 6.92. The number of hydrogen-bond acceptors (Lipinski definition) is 4. The summed E-state index contributed by atoms with van der Waals surface area (Å²) in [5.74, 6) is 0.801. The molecule has 0 aliphatic rings. The lowest BCUT2D eigenvalue weighted by Gasteiger charge is -2.25. The number of H-pyrrole nitrogens is 1. The Morgan fingerprint density at radius 2 is 1.85 bits per heavy atom. The summed E-state index contributed by atoms with van der Waals surface area (Å²) in [6, 6.07) is 0. The molecule has 0 atom stereocenters. The van der Waals surface area contributed by atoms with Crippen LogP contribution in [0.2, 0.25) is 0 Å². The molecule has 0 aliphatic carbocycles. The quantitative estimate of drug-likeness (QED) is 0.930. The largest absolute Gasteiger partial charge is 0.247 e. The summed E-state index contributed by atoms with van der Waals surface area (Å²) in [4.78, 5) is 4.20. The molecule has 0 saturated carbocycles. The first-order valence-corrected chi connectivity index (χ1v) is 6.99. The standard InChI is InChI=1S/C14H24N6/c1-10-15-9-20(18-10)14(5,6)8-7-11-12(13(2,3)4)17-19-16-11/h9H,7-8H2,1-6H3,(H,16,17,19). The number of nitrogens with zero attached hydrogens (tertiary/aromatic N) is 5. The van der Waals surface area contributed by atoms with E-state index in [1.54, 1.807) is 6.33 Å². The molecule has 0 aromatic carbocycles. The van der Waals surface area contributed by atoms with Crippen LogP contribution in [-0.2, 0) is 17.4 Å². The van der Waals surface area contributed by atoms with Crippen molar-refractivity contribution in [3.63, 3.8) is 0 Å². The molecule has 2 aromatic heterocycles. The zero-order valence-corrected chi connectivity index (χ0v) is 13.2. The van der Waals surface area contributed by atoms with Crippen molar-refractivity contribution >= 4 is 0 Å². The van der Waals surface area contributed by atoms with Crippen molar-refractivity contribution in [2.75, 3.05) is 0 Å². The molecule has 0 unspecified atom stereocenters. The Morgan fingerprint density at radius 3 is 2.40 bits per heavy atom. The molecule has 0 aliphatic heterocycles. The maximum Gasteiger partial charge on any atom is 0.147 e. The van der Waals surface area contributed by atoms with Gasteiger partial charge in [0.2, 0.25) is 0 Å². The Balaban J connectivity index is 2.11. The van der Waals surface area contributed by atoms with Crippen LogP contribution in [-0.4, -0.2) is 30.2 Å². The third-order valence-electron chi connectivity index (χ3n) is 3.53. The minimum absolute atomic E-state index is 0.0102. The fourth-order valence-corrected chi connectivity index (χ4v) is 2.20. The first-order chi connectivity index (χ1) is 9.20. The number of aromatic amines is 1. The van der Waals surface area contributed by atoms with E-state index in [1.807, 2.05) is 11.6 Å². The maximum atomic E-state index is 4.42. The van der Waals surface area contributed by atoms with E-state index in [0.717, 1.165) is 30.1 Å². The molecule has 0 amide bonds. The number of rotatable bonds is 4. The van der Waals surface area contributed by atoms with Gasteiger partial charge >= 0.3 is 0 Å². The highest BCUT2D eigenvalue weighted by molar-refractivity contribution is 5.18. The van der Waals surface area contributed by atoms with Crippen molar-refractivity contribution in [1.82, 2.24) is 30.2 Å². The summed E-state index contributed by atoms with van der Waals surface area (Å²) in [6.07, 6.45) is 3.60. The monoisotopic (exact) mass is 276 g/mol. The number of aromatic nitrogens is 6. The van der Waals surface area contributed by atoms with Gasteiger partial charge in [0.15, 0.2) is 0 Å². The van der Waals surface area contributed by atoms with Crippen molar-refractivity contribution in [2.45, 2.75) is 65.3 Å². The summed E-state index contributed by atoms with van der Waals surface area (Å²) >= 11 is 0. The smallest absolute Gasteiger partial charge is 0.147 e. The Labute approximate surface area is 120 Å². The van der Waals surface area contributed by atoms with E-state index >= 15 is 0 Å². The van der Waals surface area contributed by atoms with E-state index in [1.165, 1.54) is 0 Å². The van der Waals surface area contributed by atoms with E-state index in [9.17, 15) is 0 Å². The molecule has 110 valence electrons. The van der Waals surface area contributed by atoms with Gasteiger partial charge in [0.1, 0.15) is 12.2 Å². The zero-order chi connectivity index (χ0) is 15.0. The third kappa shape index (κ3) is 3.05. The molecule has 2 heterocycles. The summed E-state index contributed by atoms with van der Waals surface area (Å²) < 4.78 is 1.93. The molecule has 0 bridgehead atoms. The van der Waals surface area contributed by atoms with Crippen molar-refractivity contribution in [3.05, 3.63) is 23.5 Å². The number of aryl methyl sites for hydroxylation is 2. The van der Waals surface area contributed by atoms with E-state index in [0.29, 0.717) is 0 Å². The van der Waals surface area contributed by atoms with Gasteiger partial charge in [-0.05, 0) is 33.6 Å². The van der Waals surface area contributed by atoms with Crippen LogP contribution < -0.4 is 0 Å². The van der Waals surface area contributed by atoms with E-state index in [-0.39, 0.29) is 11.0 Å². The zero-order valence-electron chi connectivity index (χ0n) is 13.2. The van der Waals surface area contributed by atoms with Gasteiger partial charge in [-0.2, -0.15) is 20.5 Å². The Bertz CT molecular complexity index is 572. The number of nitrogens with one attached hydrogen (secondary N) is 1. The highest BCUT2D eigenvalue weighted by atomic mass is 15.4. The van der Waals surface area contributed by atoms with Gasteiger partial charge in [-0.25, -0.2) is 9.67 Å². The van der Waals surface area contributed by atoms with Gasteiger partial charge in [-0.1, -0.05) is 20.8 Å². The van der Waals surface area contributed by atoms with Gasteiger partial charge in [-0.15, -0.1) is 0 Å². The van der Waals surface area contributed by atoms with Gasteiger partial charge in [0.05, 0.1) is 16.9 Å². The van der Waals surface area contributed by atoms with Gasteiger partial charge in [0.25, 0.3) is 0 Å². The highest BCUT2D eigenvalue weighted by Crippen LogP contribution is 2.26. The highest BCUT2D eigenvalue weighted by Gasteiger charge is 2.26. The third-order valence-corrected chi connectivity index (χ3v) is 3.53. The van der Waals surface area contributed by atoms with Crippen molar-refractivity contribution in [2.24, 2.45) is 0 Å². The average Bonchev–Trinajstić information content (AvgIpc) is 2.93. The predicted octanol–water partition coefficient (Wildman–Crippen LogP) is 2.37.